The molecular weight excluding hydrogens is 408 g/mol. The van der Waals surface area contributed by atoms with Gasteiger partial charge in [-0.2, -0.15) is 0 Å². The zero-order valence-corrected chi connectivity index (χ0v) is 18.5. The Labute approximate surface area is 182 Å². The Balaban J connectivity index is 2.31. The summed E-state index contributed by atoms with van der Waals surface area (Å²) in [5.41, 5.74) is 1.76. The van der Waals surface area contributed by atoms with Crippen molar-refractivity contribution < 1.29 is 14.3 Å². The lowest BCUT2D eigenvalue weighted by molar-refractivity contribution is -0.131. The molecule has 1 unspecified atom stereocenters. The van der Waals surface area contributed by atoms with Crippen molar-refractivity contribution in [3.63, 3.8) is 0 Å². The number of carbonyl (C=O) groups is 2. The number of halogens is 1. The third-order valence-corrected chi connectivity index (χ3v) is 5.25. The highest BCUT2D eigenvalue weighted by atomic mass is 35.5. The van der Waals surface area contributed by atoms with Crippen molar-refractivity contribution in [2.24, 2.45) is 5.92 Å². The van der Waals surface area contributed by atoms with E-state index in [1.807, 2.05) is 44.2 Å². The Kier molecular flexibility index (Phi) is 8.17. The summed E-state index contributed by atoms with van der Waals surface area (Å²) >= 11 is 12.0. The molecule has 1 atom stereocenters. The predicted molar refractivity (Wildman–Crippen MR) is 120 cm³/mol. The first-order valence-corrected chi connectivity index (χ1v) is 10.0. The van der Waals surface area contributed by atoms with Crippen LogP contribution >= 0.6 is 23.8 Å². The number of ether oxygens (including phenoxy) is 1. The van der Waals surface area contributed by atoms with Gasteiger partial charge in [0.05, 0.1) is 29.4 Å². The van der Waals surface area contributed by atoms with E-state index in [1.165, 1.54) is 14.0 Å². The van der Waals surface area contributed by atoms with Crippen molar-refractivity contribution in [1.29, 1.82) is 0 Å². The molecule has 1 amide bonds. The predicted octanol–water partition coefficient (Wildman–Crippen LogP) is 4.94. The molecule has 0 radical (unpaired) electrons. The standard InChI is InChI=1S/C22H25ClN2O3S/c1-14(2)20(25(15(3)26)13-16-9-6-5-7-10-16)21(29)24-18-12-8-11-17(19(18)23)22(27)28-4/h5-12,14,20H,13H2,1-4H3,(H,24,29). The fourth-order valence-corrected chi connectivity index (χ4v) is 3.85. The van der Waals surface area contributed by atoms with E-state index in [0.717, 1.165) is 5.56 Å². The van der Waals surface area contributed by atoms with Crippen LogP contribution in [0.2, 0.25) is 5.02 Å². The monoisotopic (exact) mass is 432 g/mol. The van der Waals surface area contributed by atoms with Gasteiger partial charge in [0.1, 0.15) is 4.99 Å². The second-order valence-corrected chi connectivity index (χ2v) is 7.79. The molecule has 0 fully saturated rings. The summed E-state index contributed by atoms with van der Waals surface area (Å²) in [7, 11) is 1.30. The Bertz CT molecular complexity index is 887. The van der Waals surface area contributed by atoms with Gasteiger partial charge in [-0.3, -0.25) is 4.79 Å². The van der Waals surface area contributed by atoms with Crippen LogP contribution < -0.4 is 5.32 Å². The normalized spacial score (nSPS) is 11.7. The highest BCUT2D eigenvalue weighted by molar-refractivity contribution is 7.80. The van der Waals surface area contributed by atoms with Gasteiger partial charge in [0, 0.05) is 13.5 Å². The number of methoxy groups -OCH3 is 1. The van der Waals surface area contributed by atoms with Gasteiger partial charge < -0.3 is 15.0 Å². The molecule has 0 bridgehead atoms. The number of anilines is 1. The number of benzene rings is 2. The lowest BCUT2D eigenvalue weighted by atomic mass is 10.0. The first kappa shape index (κ1) is 22.8. The summed E-state index contributed by atoms with van der Waals surface area (Å²) in [6, 6.07) is 14.4. The number of nitrogens with one attached hydrogen (secondary N) is 1. The Hall–Kier alpha value is -2.44. The number of thiocarbonyl (C=S) groups is 1. The molecule has 29 heavy (non-hydrogen) atoms. The largest absolute Gasteiger partial charge is 0.465 e. The molecule has 0 saturated heterocycles. The van der Waals surface area contributed by atoms with E-state index in [2.05, 4.69) is 5.32 Å². The molecule has 154 valence electrons. The van der Waals surface area contributed by atoms with Gasteiger partial charge in [-0.05, 0) is 23.6 Å². The smallest absolute Gasteiger partial charge is 0.339 e. The van der Waals surface area contributed by atoms with Gasteiger partial charge in [0.15, 0.2) is 0 Å². The van der Waals surface area contributed by atoms with Crippen LogP contribution in [0, 0.1) is 5.92 Å². The molecule has 1 N–H and O–H groups in total. The summed E-state index contributed by atoms with van der Waals surface area (Å²) in [4.78, 5) is 26.5. The highest BCUT2D eigenvalue weighted by Gasteiger charge is 2.29. The Morgan fingerprint density at radius 3 is 2.34 bits per heavy atom. The number of esters is 1. The van der Waals surface area contributed by atoms with E-state index in [0.29, 0.717) is 17.2 Å². The third-order valence-electron chi connectivity index (χ3n) is 4.50. The van der Waals surface area contributed by atoms with Gasteiger partial charge in [-0.1, -0.05) is 74.1 Å². The average molecular weight is 433 g/mol. The number of nitrogens with zero attached hydrogens (tertiary/aromatic N) is 1. The van der Waals surface area contributed by atoms with Gasteiger partial charge in [0.2, 0.25) is 5.91 Å². The van der Waals surface area contributed by atoms with E-state index in [1.54, 1.807) is 23.1 Å². The van der Waals surface area contributed by atoms with E-state index in [9.17, 15) is 9.59 Å². The van der Waals surface area contributed by atoms with Crippen LogP contribution in [0.1, 0.15) is 36.7 Å². The first-order chi connectivity index (χ1) is 13.8. The van der Waals surface area contributed by atoms with Gasteiger partial charge in [-0.15, -0.1) is 0 Å². The highest BCUT2D eigenvalue weighted by Crippen LogP contribution is 2.28. The van der Waals surface area contributed by atoms with E-state index < -0.39 is 5.97 Å². The van der Waals surface area contributed by atoms with Crippen LogP contribution in [0.15, 0.2) is 48.5 Å². The number of hydrogen-bond donors (Lipinski definition) is 1. The SMILES string of the molecule is COC(=O)c1cccc(NC(=S)C(C(C)C)N(Cc2ccccc2)C(C)=O)c1Cl. The zero-order chi connectivity index (χ0) is 21.6. The third kappa shape index (κ3) is 5.78. The van der Waals surface area contributed by atoms with Crippen LogP contribution in [0.5, 0.6) is 0 Å². The van der Waals surface area contributed by atoms with Crippen molar-refractivity contribution >= 4 is 46.4 Å². The maximum atomic E-state index is 12.5. The molecular formula is C22H25ClN2O3S. The second kappa shape index (κ2) is 10.4. The van der Waals surface area contributed by atoms with Gasteiger partial charge in [-0.25, -0.2) is 4.79 Å². The topological polar surface area (TPSA) is 58.6 Å². The average Bonchev–Trinajstić information content (AvgIpc) is 2.69. The molecule has 7 heteroatoms. The molecule has 0 aliphatic heterocycles. The van der Waals surface area contributed by atoms with Crippen molar-refractivity contribution in [2.45, 2.75) is 33.4 Å². The minimum Gasteiger partial charge on any atom is -0.465 e. The first-order valence-electron chi connectivity index (χ1n) is 9.25. The van der Waals surface area contributed by atoms with Crippen molar-refractivity contribution in [2.75, 3.05) is 12.4 Å². The number of amides is 1. The van der Waals surface area contributed by atoms with Crippen molar-refractivity contribution in [1.82, 2.24) is 4.90 Å². The minimum atomic E-state index is -0.528. The molecule has 5 nitrogen and oxygen atoms in total. The fourth-order valence-electron chi connectivity index (χ4n) is 3.09. The summed E-state index contributed by atoms with van der Waals surface area (Å²) < 4.78 is 4.76. The maximum Gasteiger partial charge on any atom is 0.339 e. The van der Waals surface area contributed by atoms with Crippen LogP contribution in [-0.2, 0) is 16.1 Å². The van der Waals surface area contributed by atoms with Crippen molar-refractivity contribution in [3.8, 4) is 0 Å². The summed E-state index contributed by atoms with van der Waals surface area (Å²) in [5.74, 6) is -0.546. The quantitative estimate of drug-likeness (QED) is 0.496. The molecule has 0 heterocycles. The number of rotatable bonds is 7. The summed E-state index contributed by atoms with van der Waals surface area (Å²) in [5, 5.41) is 3.35. The van der Waals surface area contributed by atoms with Gasteiger partial charge in [0.25, 0.3) is 0 Å². The fraction of sp³-hybridized carbons (Fsp3) is 0.318. The van der Waals surface area contributed by atoms with Crippen LogP contribution in [0.4, 0.5) is 5.69 Å². The lowest BCUT2D eigenvalue weighted by Gasteiger charge is -2.35. The van der Waals surface area contributed by atoms with E-state index in [-0.39, 0.29) is 28.5 Å². The Morgan fingerprint density at radius 1 is 1.14 bits per heavy atom. The molecule has 0 aliphatic carbocycles. The zero-order valence-electron chi connectivity index (χ0n) is 16.9. The minimum absolute atomic E-state index is 0.0603. The van der Waals surface area contributed by atoms with Crippen molar-refractivity contribution in [3.05, 3.63) is 64.7 Å². The van der Waals surface area contributed by atoms with E-state index >= 15 is 0 Å². The molecule has 2 rings (SSSR count). The molecule has 0 aromatic heterocycles. The Morgan fingerprint density at radius 2 is 1.79 bits per heavy atom. The number of carbonyl (C=O) groups excluding carboxylic acids is 2. The van der Waals surface area contributed by atoms with Crippen LogP contribution in [0.25, 0.3) is 0 Å². The summed E-state index contributed by atoms with van der Waals surface area (Å²) in [6.07, 6.45) is 0. The number of hydrogen-bond acceptors (Lipinski definition) is 4. The molecule has 2 aromatic carbocycles. The van der Waals surface area contributed by atoms with E-state index in [4.69, 9.17) is 28.6 Å². The van der Waals surface area contributed by atoms with Gasteiger partial charge >= 0.3 is 5.97 Å². The molecule has 0 spiro atoms. The van der Waals surface area contributed by atoms with Crippen LogP contribution in [-0.4, -0.2) is 34.9 Å². The molecule has 2 aromatic rings. The van der Waals surface area contributed by atoms with Crippen LogP contribution in [0.3, 0.4) is 0 Å². The maximum absolute atomic E-state index is 12.5. The lowest BCUT2D eigenvalue weighted by Crippen LogP contribution is -2.48. The molecule has 0 saturated carbocycles. The molecule has 0 aliphatic rings. The second-order valence-electron chi connectivity index (χ2n) is 6.97. The summed E-state index contributed by atoms with van der Waals surface area (Å²) in [6.45, 7) is 5.99.